The summed E-state index contributed by atoms with van der Waals surface area (Å²) in [6.07, 6.45) is 0. The van der Waals surface area contributed by atoms with Gasteiger partial charge in [0.1, 0.15) is 11.5 Å². The van der Waals surface area contributed by atoms with Crippen molar-refractivity contribution >= 4 is 33.0 Å². The van der Waals surface area contributed by atoms with Crippen molar-refractivity contribution in [2.75, 3.05) is 7.11 Å². The van der Waals surface area contributed by atoms with E-state index < -0.39 is 0 Å². The second-order valence-corrected chi connectivity index (χ2v) is 4.05. The van der Waals surface area contributed by atoms with E-state index in [-0.39, 0.29) is 5.75 Å². The average molecular weight is 229 g/mol. The molecule has 2 rings (SSSR count). The lowest BCUT2D eigenvalue weighted by molar-refractivity contribution is 0.411. The van der Waals surface area contributed by atoms with Crippen molar-refractivity contribution in [3.8, 4) is 11.5 Å². The number of rotatable bonds is 2. The maximum Gasteiger partial charge on any atom is 0.134 e. The molecule has 0 atom stereocenters. The van der Waals surface area contributed by atoms with Gasteiger partial charge < -0.3 is 9.84 Å². The molecule has 0 radical (unpaired) electrons. The highest BCUT2D eigenvalue weighted by molar-refractivity contribution is 7.17. The van der Waals surface area contributed by atoms with Crippen LogP contribution in [0.15, 0.2) is 17.5 Å². The molecule has 0 spiro atoms. The second-order valence-electron chi connectivity index (χ2n) is 2.87. The van der Waals surface area contributed by atoms with E-state index in [1.165, 1.54) is 11.3 Å². The molecule has 1 aromatic carbocycles. The van der Waals surface area contributed by atoms with Crippen LogP contribution >= 0.6 is 22.9 Å². The highest BCUT2D eigenvalue weighted by atomic mass is 35.5. The Morgan fingerprint density at radius 1 is 1.50 bits per heavy atom. The van der Waals surface area contributed by atoms with E-state index in [1.807, 2.05) is 12.1 Å². The number of benzene rings is 1. The zero-order chi connectivity index (χ0) is 10.1. The number of hydrogen-bond acceptors (Lipinski definition) is 3. The highest BCUT2D eigenvalue weighted by Crippen LogP contribution is 2.38. The number of alkyl halides is 1. The lowest BCUT2D eigenvalue weighted by Gasteiger charge is -2.06. The Labute approximate surface area is 90.7 Å². The summed E-state index contributed by atoms with van der Waals surface area (Å²) in [5, 5.41) is 12.2. The van der Waals surface area contributed by atoms with Gasteiger partial charge in [0, 0.05) is 21.0 Å². The molecule has 2 nitrogen and oxygen atoms in total. The Balaban J connectivity index is 2.81. The summed E-state index contributed by atoms with van der Waals surface area (Å²) in [6, 6.07) is 3.80. The molecular weight excluding hydrogens is 220 g/mol. The molecule has 2 aromatic rings. The minimum atomic E-state index is 0.277. The molecule has 0 saturated heterocycles. The molecule has 1 aromatic heterocycles. The molecule has 1 N–H and O–H groups in total. The first-order valence-electron chi connectivity index (χ1n) is 4.10. The van der Waals surface area contributed by atoms with Crippen molar-refractivity contribution in [3.05, 3.63) is 23.1 Å². The standard InChI is InChI=1S/C10H9ClO2S/c1-13-8-2-3-9-10(6(8)4-11)7(12)5-14-9/h2-3,5,12H,4H2,1H3. The topological polar surface area (TPSA) is 29.5 Å². The van der Waals surface area contributed by atoms with E-state index in [9.17, 15) is 5.11 Å². The van der Waals surface area contributed by atoms with Crippen molar-refractivity contribution in [2.45, 2.75) is 5.88 Å². The number of aromatic hydroxyl groups is 1. The van der Waals surface area contributed by atoms with Gasteiger partial charge in [-0.15, -0.1) is 22.9 Å². The summed E-state index contributed by atoms with van der Waals surface area (Å²) in [5.41, 5.74) is 0.852. The van der Waals surface area contributed by atoms with Crippen molar-refractivity contribution in [1.29, 1.82) is 0 Å². The Kier molecular flexibility index (Phi) is 2.52. The van der Waals surface area contributed by atoms with E-state index in [0.717, 1.165) is 21.4 Å². The second kappa shape index (κ2) is 3.67. The number of hydrogen-bond donors (Lipinski definition) is 1. The fourth-order valence-corrected chi connectivity index (χ4v) is 2.60. The third kappa shape index (κ3) is 1.33. The van der Waals surface area contributed by atoms with E-state index in [4.69, 9.17) is 16.3 Å². The molecule has 0 aliphatic heterocycles. The summed E-state index contributed by atoms with van der Waals surface area (Å²) < 4.78 is 6.20. The third-order valence-electron chi connectivity index (χ3n) is 2.14. The Hall–Kier alpha value is -0.930. The van der Waals surface area contributed by atoms with Gasteiger partial charge in [-0.05, 0) is 12.1 Å². The maximum atomic E-state index is 9.64. The zero-order valence-corrected chi connectivity index (χ0v) is 9.15. The molecule has 0 saturated carbocycles. The minimum Gasteiger partial charge on any atom is -0.506 e. The quantitative estimate of drug-likeness (QED) is 0.799. The predicted octanol–water partition coefficient (Wildman–Crippen LogP) is 3.35. The molecule has 0 aliphatic carbocycles. The van der Waals surface area contributed by atoms with Crippen LogP contribution in [0.25, 0.3) is 10.1 Å². The number of ether oxygens (including phenoxy) is 1. The van der Waals surface area contributed by atoms with Crippen LogP contribution < -0.4 is 4.74 Å². The fourth-order valence-electron chi connectivity index (χ4n) is 1.49. The van der Waals surface area contributed by atoms with Crippen LogP contribution in [0.3, 0.4) is 0 Å². The van der Waals surface area contributed by atoms with E-state index in [1.54, 1.807) is 12.5 Å². The summed E-state index contributed by atoms with van der Waals surface area (Å²) in [5.74, 6) is 1.34. The van der Waals surface area contributed by atoms with Gasteiger partial charge in [-0.25, -0.2) is 0 Å². The summed E-state index contributed by atoms with van der Waals surface area (Å²) in [7, 11) is 1.60. The van der Waals surface area contributed by atoms with Gasteiger partial charge in [0.05, 0.1) is 13.0 Å². The summed E-state index contributed by atoms with van der Waals surface area (Å²) >= 11 is 7.33. The van der Waals surface area contributed by atoms with Gasteiger partial charge in [0.15, 0.2) is 0 Å². The molecular formula is C10H9ClO2S. The van der Waals surface area contributed by atoms with Gasteiger partial charge in [0.25, 0.3) is 0 Å². The van der Waals surface area contributed by atoms with Gasteiger partial charge in [0.2, 0.25) is 0 Å². The van der Waals surface area contributed by atoms with Crippen molar-refractivity contribution in [1.82, 2.24) is 0 Å². The van der Waals surface area contributed by atoms with Crippen LogP contribution in [0.1, 0.15) is 5.56 Å². The van der Waals surface area contributed by atoms with Crippen LogP contribution in [0.4, 0.5) is 0 Å². The fraction of sp³-hybridized carbons (Fsp3) is 0.200. The number of halogens is 1. The molecule has 4 heteroatoms. The van der Waals surface area contributed by atoms with E-state index >= 15 is 0 Å². The highest BCUT2D eigenvalue weighted by Gasteiger charge is 2.12. The number of methoxy groups -OCH3 is 1. The molecule has 0 fully saturated rings. The monoisotopic (exact) mass is 228 g/mol. The largest absolute Gasteiger partial charge is 0.506 e. The molecule has 0 bridgehead atoms. The van der Waals surface area contributed by atoms with Crippen LogP contribution in [0.5, 0.6) is 11.5 Å². The Morgan fingerprint density at radius 3 is 2.93 bits per heavy atom. The first-order valence-corrected chi connectivity index (χ1v) is 5.51. The first-order chi connectivity index (χ1) is 6.77. The van der Waals surface area contributed by atoms with Crippen molar-refractivity contribution in [2.24, 2.45) is 0 Å². The van der Waals surface area contributed by atoms with Gasteiger partial charge in [-0.2, -0.15) is 0 Å². The van der Waals surface area contributed by atoms with Crippen LogP contribution in [-0.2, 0) is 5.88 Å². The van der Waals surface area contributed by atoms with Gasteiger partial charge in [-0.1, -0.05) is 0 Å². The van der Waals surface area contributed by atoms with Crippen molar-refractivity contribution in [3.63, 3.8) is 0 Å². The third-order valence-corrected chi connectivity index (χ3v) is 3.34. The summed E-state index contributed by atoms with van der Waals surface area (Å²) in [6.45, 7) is 0. The molecule has 1 heterocycles. The lowest BCUT2D eigenvalue weighted by Crippen LogP contribution is -1.89. The SMILES string of the molecule is COc1ccc2scc(O)c2c1CCl. The number of thiophene rings is 1. The van der Waals surface area contributed by atoms with E-state index in [2.05, 4.69) is 0 Å². The van der Waals surface area contributed by atoms with Crippen LogP contribution in [-0.4, -0.2) is 12.2 Å². The molecule has 0 amide bonds. The molecule has 0 aliphatic rings. The van der Waals surface area contributed by atoms with Gasteiger partial charge in [-0.3, -0.25) is 0 Å². The predicted molar refractivity (Wildman–Crippen MR) is 59.6 cm³/mol. The molecule has 14 heavy (non-hydrogen) atoms. The van der Waals surface area contributed by atoms with Crippen LogP contribution in [0, 0.1) is 0 Å². The maximum absolute atomic E-state index is 9.64. The molecule has 74 valence electrons. The van der Waals surface area contributed by atoms with Gasteiger partial charge >= 0.3 is 0 Å². The van der Waals surface area contributed by atoms with Crippen LogP contribution in [0.2, 0.25) is 0 Å². The average Bonchev–Trinajstić information content (AvgIpc) is 2.59. The first kappa shape index (κ1) is 9.62. The Morgan fingerprint density at radius 2 is 2.29 bits per heavy atom. The normalized spacial score (nSPS) is 10.7. The molecule has 0 unspecified atom stereocenters. The minimum absolute atomic E-state index is 0.277. The summed E-state index contributed by atoms with van der Waals surface area (Å²) in [4.78, 5) is 0. The Bertz CT molecular complexity index is 464. The van der Waals surface area contributed by atoms with Crippen molar-refractivity contribution < 1.29 is 9.84 Å². The lowest BCUT2D eigenvalue weighted by atomic mass is 10.1. The zero-order valence-electron chi connectivity index (χ0n) is 7.58. The smallest absolute Gasteiger partial charge is 0.134 e. The van der Waals surface area contributed by atoms with E-state index in [0.29, 0.717) is 5.88 Å². The number of fused-ring (bicyclic) bond motifs is 1.